The Balaban J connectivity index is 3.81. The molecule has 0 aliphatic heterocycles. The van der Waals surface area contributed by atoms with Gasteiger partial charge in [-0.25, -0.2) is 0 Å². The van der Waals surface area contributed by atoms with Crippen molar-refractivity contribution in [3.05, 3.63) is 23.9 Å². The Morgan fingerprint density at radius 1 is 2.00 bits per heavy atom. The zero-order valence-corrected chi connectivity index (χ0v) is 5.05. The van der Waals surface area contributed by atoms with Gasteiger partial charge in [0.05, 0.1) is 0 Å². The smallest absolute Gasteiger partial charge is 0.185 e. The van der Waals surface area contributed by atoms with Crippen molar-refractivity contribution in [1.29, 1.82) is 5.26 Å². The monoisotopic (exact) mass is 122 g/mol. The van der Waals surface area contributed by atoms with Crippen LogP contribution in [0.3, 0.4) is 0 Å². The van der Waals surface area contributed by atoms with Gasteiger partial charge in [0.1, 0.15) is 0 Å². The lowest BCUT2D eigenvalue weighted by atomic mass is 10.7. The molecule has 0 unspecified atom stereocenters. The Bertz CT molecular complexity index is 182. The predicted octanol–water partition coefficient (Wildman–Crippen LogP) is 0.294. The van der Waals surface area contributed by atoms with Gasteiger partial charge in [-0.15, -0.1) is 0 Å². The number of hydrogen-bond donors (Lipinski definition) is 1. The van der Waals surface area contributed by atoms with E-state index in [9.17, 15) is 0 Å². The highest BCUT2D eigenvalue weighted by atomic mass is 15.4. The lowest BCUT2D eigenvalue weighted by molar-refractivity contribution is 0.554. The molecule has 0 saturated heterocycles. The van der Waals surface area contributed by atoms with Crippen LogP contribution in [0.4, 0.5) is 0 Å². The van der Waals surface area contributed by atoms with Crippen molar-refractivity contribution < 1.29 is 0 Å². The highest BCUT2D eigenvalue weighted by molar-refractivity contribution is 4.96. The number of hydrogen-bond acceptors (Lipinski definition) is 3. The molecule has 0 radical (unpaired) electrons. The quantitative estimate of drug-likeness (QED) is 0.248. The van der Waals surface area contributed by atoms with E-state index in [-0.39, 0.29) is 5.82 Å². The van der Waals surface area contributed by atoms with Crippen LogP contribution in [0, 0.1) is 18.0 Å². The van der Waals surface area contributed by atoms with Crippen molar-refractivity contribution in [2.24, 2.45) is 0 Å². The van der Waals surface area contributed by atoms with Crippen LogP contribution in [0.1, 0.15) is 0 Å². The third-order valence-corrected chi connectivity index (χ3v) is 0.740. The largest absolute Gasteiger partial charge is 0.263 e. The van der Waals surface area contributed by atoms with E-state index < -0.39 is 0 Å². The second kappa shape index (κ2) is 3.34. The average molecular weight is 122 g/mol. The van der Waals surface area contributed by atoms with Gasteiger partial charge in [0, 0.05) is 7.05 Å². The van der Waals surface area contributed by atoms with Gasteiger partial charge in [-0.2, -0.15) is 16.8 Å². The van der Waals surface area contributed by atoms with E-state index in [1.54, 1.807) is 6.19 Å². The second-order valence-corrected chi connectivity index (χ2v) is 1.33. The molecule has 0 aliphatic carbocycles. The number of nitriles is 1. The van der Waals surface area contributed by atoms with Crippen LogP contribution in [0.25, 0.3) is 4.95 Å². The highest BCUT2D eigenvalue weighted by Crippen LogP contribution is 1.88. The summed E-state index contributed by atoms with van der Waals surface area (Å²) in [7, 11) is 1.51. The molecule has 9 heavy (non-hydrogen) atoms. The number of nitrogens with zero attached hydrogens (tertiary/aromatic N) is 3. The molecule has 46 valence electrons. The van der Waals surface area contributed by atoms with E-state index in [2.05, 4.69) is 17.0 Å². The van der Waals surface area contributed by atoms with Gasteiger partial charge in [0.15, 0.2) is 12.0 Å². The van der Waals surface area contributed by atoms with Gasteiger partial charge in [-0.3, -0.25) is 4.90 Å². The summed E-state index contributed by atoms with van der Waals surface area (Å²) in [4.78, 5) is 3.98. The predicted molar refractivity (Wildman–Crippen MR) is 32.3 cm³/mol. The third-order valence-electron chi connectivity index (χ3n) is 0.740. The van der Waals surface area contributed by atoms with Crippen LogP contribution in [-0.2, 0) is 0 Å². The molecule has 0 rings (SSSR count). The van der Waals surface area contributed by atoms with Crippen molar-refractivity contribution in [3.8, 4) is 6.19 Å². The lowest BCUT2D eigenvalue weighted by Gasteiger charge is -2.04. The minimum atomic E-state index is 0.285. The molecule has 0 bridgehead atoms. The van der Waals surface area contributed by atoms with Gasteiger partial charge in [0.2, 0.25) is 0 Å². The second-order valence-electron chi connectivity index (χ2n) is 1.33. The summed E-state index contributed by atoms with van der Waals surface area (Å²) in [5, 5.41) is 8.20. The molecule has 0 heterocycles. The van der Waals surface area contributed by atoms with Crippen LogP contribution in [-0.4, -0.2) is 11.9 Å². The molecular formula is C5H6N4. The summed E-state index contributed by atoms with van der Waals surface area (Å²) in [6.45, 7) is 9.71. The molecule has 4 nitrogen and oxygen atoms in total. The maximum absolute atomic E-state index is 8.20. The van der Waals surface area contributed by atoms with Crippen molar-refractivity contribution in [3.63, 3.8) is 0 Å². The van der Waals surface area contributed by atoms with Gasteiger partial charge < -0.3 is 0 Å². The Labute approximate surface area is 53.8 Å². The molecule has 0 aromatic heterocycles. The molecule has 1 N–H and O–H groups in total. The molecule has 0 atom stereocenters. The summed E-state index contributed by atoms with van der Waals surface area (Å²) in [5.74, 6) is 0.285. The first-order chi connectivity index (χ1) is 4.22. The van der Waals surface area contributed by atoms with Crippen molar-refractivity contribution in [2.75, 3.05) is 7.05 Å². The number of rotatable bonds is 2. The van der Waals surface area contributed by atoms with Crippen LogP contribution in [0.15, 0.2) is 12.4 Å². The van der Waals surface area contributed by atoms with E-state index >= 15 is 0 Å². The Hall–Kier alpha value is -1.68. The topological polar surface area (TPSA) is 43.4 Å². The van der Waals surface area contributed by atoms with E-state index in [1.807, 2.05) is 0 Å². The highest BCUT2D eigenvalue weighted by Gasteiger charge is 1.98. The van der Waals surface area contributed by atoms with Gasteiger partial charge in [0.25, 0.3) is 0 Å². The van der Waals surface area contributed by atoms with Crippen molar-refractivity contribution in [2.45, 2.75) is 0 Å². The fraction of sp³-hybridized carbons (Fsp3) is 0.200. The molecular weight excluding hydrogens is 116 g/mol. The molecule has 4 heteroatoms. The first kappa shape index (κ1) is 7.32. The maximum Gasteiger partial charge on any atom is 0.185 e. The molecule has 0 aromatic carbocycles. The van der Waals surface area contributed by atoms with Crippen molar-refractivity contribution in [1.82, 2.24) is 10.3 Å². The standard InChI is InChI=1S/C5H6N4/c1-5(8-7-2)9(3)4-6/h8H,1H2,3H3. The van der Waals surface area contributed by atoms with Crippen LogP contribution >= 0.6 is 0 Å². The third kappa shape index (κ3) is 2.20. The van der Waals surface area contributed by atoms with Gasteiger partial charge >= 0.3 is 0 Å². The normalized spacial score (nSPS) is 6.56. The summed E-state index contributed by atoms with van der Waals surface area (Å²) in [5.41, 5.74) is 2.20. The zero-order chi connectivity index (χ0) is 7.28. The van der Waals surface area contributed by atoms with Gasteiger partial charge in [-0.05, 0) is 0 Å². The van der Waals surface area contributed by atoms with E-state index in [0.29, 0.717) is 0 Å². The number of nitrogens with one attached hydrogen (secondary N) is 1. The van der Waals surface area contributed by atoms with Crippen LogP contribution in [0.2, 0.25) is 0 Å². The Morgan fingerprint density at radius 2 is 2.56 bits per heavy atom. The fourth-order valence-corrected chi connectivity index (χ4v) is 0.200. The molecule has 0 saturated carbocycles. The lowest BCUT2D eigenvalue weighted by Crippen LogP contribution is -2.18. The zero-order valence-electron chi connectivity index (χ0n) is 5.05. The minimum Gasteiger partial charge on any atom is -0.263 e. The average Bonchev–Trinajstić information content (AvgIpc) is 1.87. The van der Waals surface area contributed by atoms with E-state index in [1.165, 1.54) is 7.05 Å². The molecule has 0 amide bonds. The van der Waals surface area contributed by atoms with Gasteiger partial charge in [-0.1, -0.05) is 12.0 Å². The first-order valence-corrected chi connectivity index (χ1v) is 2.17. The summed E-state index contributed by atoms with van der Waals surface area (Å²) in [6.07, 6.45) is 1.78. The van der Waals surface area contributed by atoms with E-state index in [0.717, 1.165) is 4.90 Å². The van der Waals surface area contributed by atoms with Crippen LogP contribution in [0.5, 0.6) is 0 Å². The molecule has 0 aromatic rings. The molecule has 0 spiro atoms. The SMILES string of the molecule is [C-]#[N+]NC(=C)N(C)C#N. The van der Waals surface area contributed by atoms with Crippen molar-refractivity contribution >= 4 is 0 Å². The van der Waals surface area contributed by atoms with E-state index in [4.69, 9.17) is 11.8 Å². The minimum absolute atomic E-state index is 0.285. The summed E-state index contributed by atoms with van der Waals surface area (Å²) >= 11 is 0. The fourth-order valence-electron chi connectivity index (χ4n) is 0.200. The summed E-state index contributed by atoms with van der Waals surface area (Å²) in [6, 6.07) is 0. The summed E-state index contributed by atoms with van der Waals surface area (Å²) < 4.78 is 0. The Morgan fingerprint density at radius 3 is 2.89 bits per heavy atom. The molecule has 0 aliphatic rings. The maximum atomic E-state index is 8.20. The first-order valence-electron chi connectivity index (χ1n) is 2.17. The Kier molecular flexibility index (Phi) is 2.72. The van der Waals surface area contributed by atoms with Crippen LogP contribution < -0.4 is 5.43 Å². The molecule has 0 fully saturated rings.